The second kappa shape index (κ2) is 6.49. The Kier molecular flexibility index (Phi) is 4.50. The molecule has 0 spiro atoms. The maximum Gasteiger partial charge on any atom is 0.255 e. The third-order valence-corrected chi connectivity index (χ3v) is 4.90. The van der Waals surface area contributed by atoms with E-state index in [-0.39, 0.29) is 5.56 Å². The highest BCUT2D eigenvalue weighted by molar-refractivity contribution is 5.85. The van der Waals surface area contributed by atoms with Gasteiger partial charge in [-0.2, -0.15) is 0 Å². The molecule has 0 saturated heterocycles. The molecule has 1 aromatic carbocycles. The molecular weight excluding hydrogens is 334 g/mol. The number of aliphatic hydroxyl groups is 1. The van der Waals surface area contributed by atoms with Crippen LogP contribution in [0.5, 0.6) is 5.75 Å². The maximum absolute atomic E-state index is 12.5. The van der Waals surface area contributed by atoms with Gasteiger partial charge in [-0.25, -0.2) is 0 Å². The van der Waals surface area contributed by atoms with Gasteiger partial charge in [0.15, 0.2) is 5.60 Å². The molecule has 0 aliphatic carbocycles. The molecule has 1 aliphatic rings. The number of hydrogen-bond donors (Lipinski definition) is 3. The predicted molar refractivity (Wildman–Crippen MR) is 99.2 cm³/mol. The van der Waals surface area contributed by atoms with Crippen molar-refractivity contribution in [3.05, 3.63) is 46.2 Å². The predicted octanol–water partition coefficient (Wildman–Crippen LogP) is 1.20. The lowest BCUT2D eigenvalue weighted by Crippen LogP contribution is -2.48. The van der Waals surface area contributed by atoms with E-state index in [2.05, 4.69) is 9.88 Å². The van der Waals surface area contributed by atoms with Gasteiger partial charge in [-0.3, -0.25) is 9.59 Å². The van der Waals surface area contributed by atoms with Crippen LogP contribution in [0.2, 0.25) is 0 Å². The van der Waals surface area contributed by atoms with Gasteiger partial charge >= 0.3 is 0 Å². The fraction of sp³-hybridized carbons (Fsp3) is 0.368. The highest BCUT2D eigenvalue weighted by atomic mass is 16.5. The first kappa shape index (κ1) is 18.0. The van der Waals surface area contributed by atoms with Crippen LogP contribution in [-0.2, 0) is 10.4 Å². The Morgan fingerprint density at radius 1 is 1.35 bits per heavy atom. The monoisotopic (exact) mass is 357 g/mol. The van der Waals surface area contributed by atoms with Gasteiger partial charge < -0.3 is 25.5 Å². The highest BCUT2D eigenvalue weighted by Crippen LogP contribution is 2.34. The van der Waals surface area contributed by atoms with Crippen LogP contribution in [0.25, 0.3) is 11.3 Å². The number of carbonyl (C=O) groups excluding carboxylic acids is 1. The summed E-state index contributed by atoms with van der Waals surface area (Å²) in [6.45, 7) is 4.69. The molecule has 2 heterocycles. The Morgan fingerprint density at radius 2 is 2.08 bits per heavy atom. The smallest absolute Gasteiger partial charge is 0.255 e. The number of nitrogens with one attached hydrogen (secondary N) is 1. The quantitative estimate of drug-likeness (QED) is 0.762. The zero-order valence-corrected chi connectivity index (χ0v) is 15.1. The summed E-state index contributed by atoms with van der Waals surface area (Å²) in [4.78, 5) is 29.1. The van der Waals surface area contributed by atoms with Crippen LogP contribution in [0.4, 0.5) is 5.69 Å². The molecule has 1 aromatic heterocycles. The molecule has 0 saturated carbocycles. The number of hydrogen-bond acceptors (Lipinski definition) is 5. The number of aromatic amines is 1. The van der Waals surface area contributed by atoms with Crippen LogP contribution in [0.15, 0.2) is 35.1 Å². The normalized spacial score (nSPS) is 16.0. The Balaban J connectivity index is 2.03. The molecule has 2 aromatic rings. The van der Waals surface area contributed by atoms with Gasteiger partial charge in [-0.1, -0.05) is 19.9 Å². The first-order valence-corrected chi connectivity index (χ1v) is 8.49. The Labute approximate surface area is 151 Å². The van der Waals surface area contributed by atoms with Crippen molar-refractivity contribution in [3.8, 4) is 17.0 Å². The van der Waals surface area contributed by atoms with Crippen molar-refractivity contribution in [2.45, 2.75) is 19.4 Å². The van der Waals surface area contributed by atoms with Crippen molar-refractivity contribution in [2.75, 3.05) is 25.1 Å². The Morgan fingerprint density at radius 3 is 2.69 bits per heavy atom. The average Bonchev–Trinajstić information content (AvgIpc) is 2.60. The first-order chi connectivity index (χ1) is 12.2. The van der Waals surface area contributed by atoms with E-state index in [0.29, 0.717) is 12.3 Å². The zero-order chi connectivity index (χ0) is 19.1. The van der Waals surface area contributed by atoms with E-state index in [1.807, 2.05) is 25.2 Å². The number of carbonyl (C=O) groups is 1. The summed E-state index contributed by atoms with van der Waals surface area (Å²) >= 11 is 0. The van der Waals surface area contributed by atoms with Crippen LogP contribution in [-0.4, -0.2) is 36.2 Å². The minimum atomic E-state index is -2.02. The lowest BCUT2D eigenvalue weighted by atomic mass is 9.83. The number of fused-ring (bicyclic) bond motifs is 1. The molecule has 1 unspecified atom stereocenters. The van der Waals surface area contributed by atoms with Crippen LogP contribution >= 0.6 is 0 Å². The van der Waals surface area contributed by atoms with E-state index in [0.717, 1.165) is 23.5 Å². The molecule has 0 fully saturated rings. The van der Waals surface area contributed by atoms with Gasteiger partial charge in [-0.05, 0) is 30.2 Å². The summed E-state index contributed by atoms with van der Waals surface area (Å²) < 4.78 is 5.69. The largest absolute Gasteiger partial charge is 0.490 e. The molecule has 4 N–H and O–H groups in total. The molecule has 7 heteroatoms. The van der Waals surface area contributed by atoms with E-state index < -0.39 is 23.0 Å². The summed E-state index contributed by atoms with van der Waals surface area (Å²) in [5, 5.41) is 10.6. The van der Waals surface area contributed by atoms with Crippen LogP contribution < -0.4 is 20.9 Å². The number of H-pyrrole nitrogens is 1. The zero-order valence-electron chi connectivity index (χ0n) is 15.1. The Bertz CT molecular complexity index is 906. The number of aromatic nitrogens is 1. The number of primary amides is 1. The van der Waals surface area contributed by atoms with E-state index in [1.54, 1.807) is 19.9 Å². The van der Waals surface area contributed by atoms with E-state index in [4.69, 9.17) is 10.5 Å². The number of benzene rings is 1. The lowest BCUT2D eigenvalue weighted by molar-refractivity contribution is -0.142. The van der Waals surface area contributed by atoms with Gasteiger partial charge in [0.25, 0.3) is 11.5 Å². The van der Waals surface area contributed by atoms with Crippen molar-refractivity contribution in [1.29, 1.82) is 0 Å². The second-order valence-corrected chi connectivity index (χ2v) is 6.85. The van der Waals surface area contributed by atoms with Crippen LogP contribution in [0.1, 0.15) is 19.4 Å². The highest BCUT2D eigenvalue weighted by Gasteiger charge is 2.41. The molecule has 3 rings (SSSR count). The molecule has 1 atom stereocenters. The topological polar surface area (TPSA) is 109 Å². The molecular formula is C19H23N3O4. The van der Waals surface area contributed by atoms with Gasteiger partial charge in [-0.15, -0.1) is 0 Å². The molecule has 1 amide bonds. The standard InChI is InChI=1S/C19H23N3O4/c1-11(2)19(25,18(20)24)13-5-6-14(21-17(13)23)12-4-7-15-16(10-12)26-9-8-22(15)3/h4-7,10-11,25H,8-9H2,1-3H3,(H2,20,24)(H,21,23). The van der Waals surface area contributed by atoms with Crippen molar-refractivity contribution in [1.82, 2.24) is 4.98 Å². The number of pyridine rings is 1. The molecule has 26 heavy (non-hydrogen) atoms. The number of anilines is 1. The number of likely N-dealkylation sites (N-methyl/N-ethyl adjacent to an activating group) is 1. The maximum atomic E-state index is 12.5. The van der Waals surface area contributed by atoms with Gasteiger partial charge in [0, 0.05) is 18.3 Å². The van der Waals surface area contributed by atoms with E-state index >= 15 is 0 Å². The average molecular weight is 357 g/mol. The SMILES string of the molecule is CC(C)C(O)(C(N)=O)c1ccc(-c2ccc3c(c2)OCCN3C)[nH]c1=O. The number of nitrogens with two attached hydrogens (primary N) is 1. The van der Waals surface area contributed by atoms with Crippen molar-refractivity contribution >= 4 is 11.6 Å². The summed E-state index contributed by atoms with van der Waals surface area (Å²) in [5.74, 6) is -0.743. The fourth-order valence-electron chi connectivity index (χ4n) is 3.20. The molecule has 1 aliphatic heterocycles. The summed E-state index contributed by atoms with van der Waals surface area (Å²) in [6, 6.07) is 8.78. The van der Waals surface area contributed by atoms with Crippen molar-refractivity contribution in [2.24, 2.45) is 11.7 Å². The van der Waals surface area contributed by atoms with Crippen LogP contribution in [0, 0.1) is 5.92 Å². The van der Waals surface area contributed by atoms with E-state index in [9.17, 15) is 14.7 Å². The minimum absolute atomic E-state index is 0.0577. The molecule has 0 bridgehead atoms. The number of ether oxygens (including phenoxy) is 1. The Hall–Kier alpha value is -2.80. The molecule has 7 nitrogen and oxygen atoms in total. The number of amides is 1. The molecule has 0 radical (unpaired) electrons. The lowest BCUT2D eigenvalue weighted by Gasteiger charge is -2.29. The number of rotatable bonds is 4. The summed E-state index contributed by atoms with van der Waals surface area (Å²) in [6.07, 6.45) is 0. The first-order valence-electron chi connectivity index (χ1n) is 8.49. The number of nitrogens with zero attached hydrogens (tertiary/aromatic N) is 1. The van der Waals surface area contributed by atoms with Gasteiger partial charge in [0.05, 0.1) is 17.8 Å². The van der Waals surface area contributed by atoms with Crippen LogP contribution in [0.3, 0.4) is 0 Å². The van der Waals surface area contributed by atoms with E-state index in [1.165, 1.54) is 6.07 Å². The van der Waals surface area contributed by atoms with Gasteiger partial charge in [0.1, 0.15) is 12.4 Å². The fourth-order valence-corrected chi connectivity index (χ4v) is 3.20. The summed E-state index contributed by atoms with van der Waals surface area (Å²) in [7, 11) is 1.99. The third-order valence-electron chi connectivity index (χ3n) is 4.90. The molecule has 138 valence electrons. The second-order valence-electron chi connectivity index (χ2n) is 6.85. The minimum Gasteiger partial charge on any atom is -0.490 e. The van der Waals surface area contributed by atoms with Crippen molar-refractivity contribution in [3.63, 3.8) is 0 Å². The summed E-state index contributed by atoms with van der Waals surface area (Å²) in [5.41, 5.74) is 5.05. The van der Waals surface area contributed by atoms with Gasteiger partial charge in [0.2, 0.25) is 0 Å². The third kappa shape index (κ3) is 2.84. The van der Waals surface area contributed by atoms with Crippen molar-refractivity contribution < 1.29 is 14.6 Å².